The molecular formula is C15H18ClN4+. The van der Waals surface area contributed by atoms with E-state index in [1.54, 1.807) is 17.3 Å². The molecule has 0 radical (unpaired) electrons. The van der Waals surface area contributed by atoms with Gasteiger partial charge in [0.2, 0.25) is 5.95 Å². The highest BCUT2D eigenvalue weighted by Crippen LogP contribution is 2.09. The van der Waals surface area contributed by atoms with Crippen molar-refractivity contribution in [3.05, 3.63) is 53.3 Å². The Kier molecular flexibility index (Phi) is 4.14. The zero-order chi connectivity index (χ0) is 13.8. The van der Waals surface area contributed by atoms with E-state index in [4.69, 9.17) is 11.6 Å². The minimum absolute atomic E-state index is 0.801. The molecule has 1 aliphatic heterocycles. The van der Waals surface area contributed by atoms with E-state index in [1.165, 1.54) is 5.56 Å². The lowest BCUT2D eigenvalue weighted by Crippen LogP contribution is -3.13. The minimum Gasteiger partial charge on any atom is -0.330 e. The lowest BCUT2D eigenvalue weighted by molar-refractivity contribution is -0.914. The van der Waals surface area contributed by atoms with Gasteiger partial charge in [0.1, 0.15) is 6.54 Å². The molecule has 5 heteroatoms. The first-order chi connectivity index (χ1) is 9.81. The van der Waals surface area contributed by atoms with E-state index in [-0.39, 0.29) is 0 Å². The van der Waals surface area contributed by atoms with Crippen molar-refractivity contribution in [3.63, 3.8) is 0 Å². The molecule has 20 heavy (non-hydrogen) atoms. The van der Waals surface area contributed by atoms with E-state index >= 15 is 0 Å². The summed E-state index contributed by atoms with van der Waals surface area (Å²) in [7, 11) is 0. The molecule has 0 atom stereocenters. The lowest BCUT2D eigenvalue weighted by atomic mass is 10.2. The molecule has 1 fully saturated rings. The third-order valence-electron chi connectivity index (χ3n) is 3.67. The second-order valence-electron chi connectivity index (χ2n) is 5.09. The predicted octanol–water partition coefficient (Wildman–Crippen LogP) is 1.04. The van der Waals surface area contributed by atoms with Gasteiger partial charge in [-0.1, -0.05) is 23.7 Å². The van der Waals surface area contributed by atoms with Crippen LogP contribution in [0.15, 0.2) is 42.7 Å². The monoisotopic (exact) mass is 289 g/mol. The first kappa shape index (κ1) is 13.3. The Morgan fingerprint density at radius 1 is 1.05 bits per heavy atom. The smallest absolute Gasteiger partial charge is 0.225 e. The first-order valence-electron chi connectivity index (χ1n) is 6.91. The molecule has 1 N–H and O–H groups in total. The summed E-state index contributed by atoms with van der Waals surface area (Å²) in [6.45, 7) is 5.29. The Hall–Kier alpha value is -1.65. The third-order valence-corrected chi connectivity index (χ3v) is 3.92. The quantitative estimate of drug-likeness (QED) is 0.916. The average Bonchev–Trinajstić information content (AvgIpc) is 2.51. The summed E-state index contributed by atoms with van der Waals surface area (Å²) in [5.74, 6) is 0.845. The Morgan fingerprint density at radius 2 is 1.70 bits per heavy atom. The molecule has 1 aliphatic rings. The third kappa shape index (κ3) is 3.26. The molecule has 0 unspecified atom stereocenters. The maximum absolute atomic E-state index is 5.91. The molecule has 3 rings (SSSR count). The Labute approximate surface area is 124 Å². The molecular weight excluding hydrogens is 272 g/mol. The molecule has 0 spiro atoms. The van der Waals surface area contributed by atoms with Gasteiger partial charge in [0.05, 0.1) is 26.2 Å². The van der Waals surface area contributed by atoms with Gasteiger partial charge in [-0.2, -0.15) is 0 Å². The van der Waals surface area contributed by atoms with Crippen LogP contribution in [0, 0.1) is 0 Å². The van der Waals surface area contributed by atoms with E-state index in [1.807, 2.05) is 18.2 Å². The van der Waals surface area contributed by atoms with E-state index < -0.39 is 0 Å². The number of rotatable bonds is 3. The van der Waals surface area contributed by atoms with Gasteiger partial charge in [0.25, 0.3) is 0 Å². The molecule has 0 bridgehead atoms. The summed E-state index contributed by atoms with van der Waals surface area (Å²) in [5.41, 5.74) is 1.34. The van der Waals surface area contributed by atoms with Gasteiger partial charge in [0, 0.05) is 23.0 Å². The van der Waals surface area contributed by atoms with Crippen molar-refractivity contribution < 1.29 is 4.90 Å². The van der Waals surface area contributed by atoms with Crippen molar-refractivity contribution in [1.29, 1.82) is 0 Å². The van der Waals surface area contributed by atoms with E-state index in [0.29, 0.717) is 0 Å². The molecule has 0 aliphatic carbocycles. The topological polar surface area (TPSA) is 33.5 Å². The number of halogens is 1. The van der Waals surface area contributed by atoms with Crippen LogP contribution in [0.2, 0.25) is 5.02 Å². The van der Waals surface area contributed by atoms with Crippen molar-refractivity contribution >= 4 is 17.5 Å². The fraction of sp³-hybridized carbons (Fsp3) is 0.333. The van der Waals surface area contributed by atoms with Crippen molar-refractivity contribution in [2.75, 3.05) is 31.1 Å². The maximum atomic E-state index is 5.91. The van der Waals surface area contributed by atoms with Gasteiger partial charge in [-0.05, 0) is 18.2 Å². The normalized spacial score (nSPS) is 16.4. The molecule has 0 amide bonds. The number of piperazine rings is 1. The highest BCUT2D eigenvalue weighted by molar-refractivity contribution is 6.30. The fourth-order valence-electron chi connectivity index (χ4n) is 2.55. The number of quaternary nitrogens is 1. The van der Waals surface area contributed by atoms with Crippen molar-refractivity contribution in [2.24, 2.45) is 0 Å². The number of nitrogens with zero attached hydrogens (tertiary/aromatic N) is 3. The van der Waals surface area contributed by atoms with Crippen LogP contribution in [-0.2, 0) is 6.54 Å². The molecule has 4 nitrogen and oxygen atoms in total. The number of anilines is 1. The van der Waals surface area contributed by atoms with Gasteiger partial charge < -0.3 is 9.80 Å². The summed E-state index contributed by atoms with van der Waals surface area (Å²) in [5, 5.41) is 0.801. The number of hydrogen-bond donors (Lipinski definition) is 1. The summed E-state index contributed by atoms with van der Waals surface area (Å²) >= 11 is 5.91. The van der Waals surface area contributed by atoms with Gasteiger partial charge >= 0.3 is 0 Å². The van der Waals surface area contributed by atoms with Crippen LogP contribution in [0.3, 0.4) is 0 Å². The second-order valence-corrected chi connectivity index (χ2v) is 5.53. The number of aromatic nitrogens is 2. The Bertz CT molecular complexity index is 536. The van der Waals surface area contributed by atoms with Crippen molar-refractivity contribution in [3.8, 4) is 0 Å². The standard InChI is InChI=1S/C15H17ClN4/c16-14-4-2-13(3-5-14)12-19-8-10-20(11-9-19)15-17-6-1-7-18-15/h1-7H,8-12H2/p+1. The SMILES string of the molecule is Clc1ccc(C[NH+]2CCN(c3ncccn3)CC2)cc1. The van der Waals surface area contributed by atoms with Gasteiger partial charge in [-0.25, -0.2) is 9.97 Å². The zero-order valence-electron chi connectivity index (χ0n) is 11.3. The fourth-order valence-corrected chi connectivity index (χ4v) is 2.67. The molecule has 2 heterocycles. The highest BCUT2D eigenvalue weighted by atomic mass is 35.5. The summed E-state index contributed by atoms with van der Waals surface area (Å²) in [6, 6.07) is 10.0. The van der Waals surface area contributed by atoms with Crippen molar-refractivity contribution in [1.82, 2.24) is 9.97 Å². The summed E-state index contributed by atoms with van der Waals surface area (Å²) in [6.07, 6.45) is 3.60. The van der Waals surface area contributed by atoms with E-state index in [9.17, 15) is 0 Å². The van der Waals surface area contributed by atoms with Gasteiger partial charge in [0.15, 0.2) is 0 Å². The molecule has 1 aromatic heterocycles. The first-order valence-corrected chi connectivity index (χ1v) is 7.29. The van der Waals surface area contributed by atoms with Crippen LogP contribution in [0.5, 0.6) is 0 Å². The Balaban J connectivity index is 1.55. The number of nitrogens with one attached hydrogen (secondary N) is 1. The molecule has 0 saturated carbocycles. The van der Waals surface area contributed by atoms with E-state index in [0.717, 1.165) is 43.7 Å². The summed E-state index contributed by atoms with van der Waals surface area (Å²) < 4.78 is 0. The zero-order valence-corrected chi connectivity index (χ0v) is 12.1. The van der Waals surface area contributed by atoms with Gasteiger partial charge in [-0.15, -0.1) is 0 Å². The average molecular weight is 290 g/mol. The van der Waals surface area contributed by atoms with Crippen LogP contribution in [0.1, 0.15) is 5.56 Å². The van der Waals surface area contributed by atoms with Gasteiger partial charge in [-0.3, -0.25) is 0 Å². The highest BCUT2D eigenvalue weighted by Gasteiger charge is 2.21. The molecule has 104 valence electrons. The lowest BCUT2D eigenvalue weighted by Gasteiger charge is -2.32. The maximum Gasteiger partial charge on any atom is 0.225 e. The largest absolute Gasteiger partial charge is 0.330 e. The number of hydrogen-bond acceptors (Lipinski definition) is 3. The van der Waals surface area contributed by atoms with Crippen LogP contribution < -0.4 is 9.80 Å². The summed E-state index contributed by atoms with van der Waals surface area (Å²) in [4.78, 5) is 12.5. The minimum atomic E-state index is 0.801. The van der Waals surface area contributed by atoms with Crippen LogP contribution >= 0.6 is 11.6 Å². The van der Waals surface area contributed by atoms with Crippen LogP contribution in [0.4, 0.5) is 5.95 Å². The van der Waals surface area contributed by atoms with Crippen molar-refractivity contribution in [2.45, 2.75) is 6.54 Å². The second kappa shape index (κ2) is 6.20. The predicted molar refractivity (Wildman–Crippen MR) is 80.1 cm³/mol. The van der Waals surface area contributed by atoms with E-state index in [2.05, 4.69) is 27.0 Å². The van der Waals surface area contributed by atoms with Crippen LogP contribution in [-0.4, -0.2) is 36.1 Å². The number of benzene rings is 1. The molecule has 2 aromatic rings. The Morgan fingerprint density at radius 3 is 2.35 bits per heavy atom. The molecule has 1 aromatic carbocycles. The molecule has 1 saturated heterocycles. The van der Waals surface area contributed by atoms with Crippen LogP contribution in [0.25, 0.3) is 0 Å².